The fraction of sp³-hybridized carbons (Fsp3) is 1.00. The molecule has 0 aliphatic carbocycles. The molecule has 2 heterocycles. The van der Waals surface area contributed by atoms with Crippen molar-refractivity contribution in [2.45, 2.75) is 67.5 Å². The molecule has 2 rings (SSSR count). The third-order valence-corrected chi connectivity index (χ3v) is 4.62. The Morgan fingerprint density at radius 1 is 0.714 bits per heavy atom. The first-order chi connectivity index (χ1) is 13.2. The van der Waals surface area contributed by atoms with Gasteiger partial charge in [-0.3, -0.25) is 0 Å². The van der Waals surface area contributed by atoms with Crippen LogP contribution in [-0.4, -0.2) is 140 Å². The molecule has 0 bridgehead atoms. The van der Waals surface area contributed by atoms with Gasteiger partial charge < -0.3 is 64.9 Å². The third-order valence-electron chi connectivity index (χ3n) is 4.62. The summed E-state index contributed by atoms with van der Waals surface area (Å²) in [5, 5.41) is 86.9. The summed E-state index contributed by atoms with van der Waals surface area (Å²) in [5.41, 5.74) is 0. The topological polar surface area (TPSA) is 219 Å². The fourth-order valence-corrected chi connectivity index (χ4v) is 2.95. The van der Waals surface area contributed by atoms with Gasteiger partial charge in [-0.05, 0) is 0 Å². The molecule has 13 nitrogen and oxygen atoms in total. The van der Waals surface area contributed by atoms with Crippen molar-refractivity contribution in [1.29, 1.82) is 0 Å². The monoisotopic (exact) mass is 416 g/mol. The summed E-state index contributed by atoms with van der Waals surface area (Å²) >= 11 is 0. The molecule has 2 saturated heterocycles. The maximum absolute atomic E-state index is 10.3. The van der Waals surface area contributed by atoms with E-state index in [1.165, 1.54) is 0 Å². The number of ether oxygens (including phenoxy) is 4. The van der Waals surface area contributed by atoms with Crippen LogP contribution in [0.5, 0.6) is 0 Å². The maximum Gasteiger partial charge on any atom is 0.187 e. The molecular formula is C15H28O13. The van der Waals surface area contributed by atoms with Crippen LogP contribution in [0.2, 0.25) is 0 Å². The van der Waals surface area contributed by atoms with Crippen LogP contribution in [0.3, 0.4) is 0 Å². The molecule has 2 aliphatic rings. The van der Waals surface area contributed by atoms with Gasteiger partial charge in [0.25, 0.3) is 0 Å². The standard InChI is InChI=1S/C15H28O13/c16-1-5(19)4-25-14-12(24)10(22)13(7(3-18)27-14)28-15-11(23)9(21)8(20)6(2-17)26-15/h5-24H,1-4H2/t5-,6-,7-,8-,9+,10-,11-,12-,13-,14-,15+/m1/s1. The Kier molecular flexibility index (Phi) is 8.90. The smallest absolute Gasteiger partial charge is 0.187 e. The highest BCUT2D eigenvalue weighted by Crippen LogP contribution is 2.29. The average Bonchev–Trinajstić information content (AvgIpc) is 2.70. The Morgan fingerprint density at radius 2 is 1.29 bits per heavy atom. The van der Waals surface area contributed by atoms with E-state index in [-0.39, 0.29) is 0 Å². The lowest BCUT2D eigenvalue weighted by atomic mass is 9.97. The second kappa shape index (κ2) is 10.5. The largest absolute Gasteiger partial charge is 0.394 e. The van der Waals surface area contributed by atoms with Crippen LogP contribution in [0.25, 0.3) is 0 Å². The van der Waals surface area contributed by atoms with E-state index in [0.717, 1.165) is 0 Å². The van der Waals surface area contributed by atoms with E-state index in [1.807, 2.05) is 0 Å². The highest BCUT2D eigenvalue weighted by Gasteiger charge is 2.50. The Hall–Kier alpha value is -0.520. The Bertz CT molecular complexity index is 463. The van der Waals surface area contributed by atoms with Crippen molar-refractivity contribution < 1.29 is 64.9 Å². The number of aliphatic hydroxyl groups excluding tert-OH is 9. The predicted molar refractivity (Wildman–Crippen MR) is 85.4 cm³/mol. The van der Waals surface area contributed by atoms with Crippen LogP contribution in [0.4, 0.5) is 0 Å². The molecule has 0 spiro atoms. The molecule has 0 saturated carbocycles. The molecule has 0 aromatic carbocycles. The van der Waals surface area contributed by atoms with Gasteiger partial charge in [-0.25, -0.2) is 0 Å². The molecule has 0 aromatic heterocycles. The second-order valence-electron chi connectivity index (χ2n) is 6.67. The van der Waals surface area contributed by atoms with Crippen molar-refractivity contribution in [2.24, 2.45) is 0 Å². The maximum atomic E-state index is 10.3. The lowest BCUT2D eigenvalue weighted by Crippen LogP contribution is -2.64. The van der Waals surface area contributed by atoms with E-state index in [9.17, 15) is 40.9 Å². The number of hydrogen-bond donors (Lipinski definition) is 9. The molecule has 9 N–H and O–H groups in total. The molecule has 0 radical (unpaired) electrons. The molecule has 28 heavy (non-hydrogen) atoms. The van der Waals surface area contributed by atoms with E-state index in [4.69, 9.17) is 24.1 Å². The normalized spacial score (nSPS) is 45.8. The zero-order valence-corrected chi connectivity index (χ0v) is 14.8. The van der Waals surface area contributed by atoms with Gasteiger partial charge in [0.1, 0.15) is 54.9 Å². The van der Waals surface area contributed by atoms with Gasteiger partial charge in [-0.1, -0.05) is 0 Å². The predicted octanol–water partition coefficient (Wildman–Crippen LogP) is -6.02. The fourth-order valence-electron chi connectivity index (χ4n) is 2.95. The highest BCUT2D eigenvalue weighted by molar-refractivity contribution is 4.94. The first-order valence-corrected chi connectivity index (χ1v) is 8.74. The van der Waals surface area contributed by atoms with E-state index < -0.39 is 93.9 Å². The second-order valence-corrected chi connectivity index (χ2v) is 6.67. The molecule has 13 heteroatoms. The van der Waals surface area contributed by atoms with Crippen LogP contribution in [0.15, 0.2) is 0 Å². The zero-order chi connectivity index (χ0) is 21.0. The third kappa shape index (κ3) is 5.14. The minimum absolute atomic E-state index is 0.415. The van der Waals surface area contributed by atoms with Gasteiger partial charge in [0.2, 0.25) is 0 Å². The summed E-state index contributed by atoms with van der Waals surface area (Å²) in [4.78, 5) is 0. The van der Waals surface area contributed by atoms with Crippen LogP contribution >= 0.6 is 0 Å². The zero-order valence-electron chi connectivity index (χ0n) is 14.8. The van der Waals surface area contributed by atoms with Crippen molar-refractivity contribution in [3.05, 3.63) is 0 Å². The van der Waals surface area contributed by atoms with Crippen LogP contribution < -0.4 is 0 Å². The first kappa shape index (κ1) is 23.8. The van der Waals surface area contributed by atoms with Crippen molar-refractivity contribution >= 4 is 0 Å². The summed E-state index contributed by atoms with van der Waals surface area (Å²) in [7, 11) is 0. The first-order valence-electron chi connectivity index (χ1n) is 8.74. The van der Waals surface area contributed by atoms with E-state index in [2.05, 4.69) is 0 Å². The van der Waals surface area contributed by atoms with E-state index >= 15 is 0 Å². The molecule has 11 atom stereocenters. The van der Waals surface area contributed by atoms with Crippen molar-refractivity contribution in [3.8, 4) is 0 Å². The molecule has 2 aliphatic heterocycles. The minimum atomic E-state index is -1.75. The van der Waals surface area contributed by atoms with Crippen LogP contribution in [-0.2, 0) is 18.9 Å². The summed E-state index contributed by atoms with van der Waals surface area (Å²) in [6.45, 7) is -2.41. The summed E-state index contributed by atoms with van der Waals surface area (Å²) < 4.78 is 20.9. The lowest BCUT2D eigenvalue weighted by Gasteiger charge is -2.46. The average molecular weight is 416 g/mol. The Morgan fingerprint density at radius 3 is 1.86 bits per heavy atom. The van der Waals surface area contributed by atoms with E-state index in [1.54, 1.807) is 0 Å². The van der Waals surface area contributed by atoms with Crippen molar-refractivity contribution in [3.63, 3.8) is 0 Å². The SMILES string of the molecule is OC[C@@H](O)CO[C@@H]1O[C@H](CO)[C@@H](O[C@@H]2O[C@H](CO)[C@@H](O)[C@H](O)[C@H]2O)[C@H](O)[C@H]1O. The van der Waals surface area contributed by atoms with Crippen LogP contribution in [0.1, 0.15) is 0 Å². The van der Waals surface area contributed by atoms with Gasteiger partial charge in [-0.2, -0.15) is 0 Å². The Balaban J connectivity index is 2.06. The highest BCUT2D eigenvalue weighted by atomic mass is 16.7. The number of aliphatic hydroxyl groups is 9. The quantitative estimate of drug-likeness (QED) is 0.180. The minimum Gasteiger partial charge on any atom is -0.394 e. The van der Waals surface area contributed by atoms with Crippen molar-refractivity contribution in [1.82, 2.24) is 0 Å². The van der Waals surface area contributed by atoms with Gasteiger partial charge in [0.15, 0.2) is 12.6 Å². The van der Waals surface area contributed by atoms with Gasteiger partial charge in [0.05, 0.1) is 26.4 Å². The van der Waals surface area contributed by atoms with Crippen molar-refractivity contribution in [2.75, 3.05) is 26.4 Å². The molecule has 0 unspecified atom stereocenters. The van der Waals surface area contributed by atoms with Gasteiger partial charge >= 0.3 is 0 Å². The van der Waals surface area contributed by atoms with Gasteiger partial charge in [0, 0.05) is 0 Å². The summed E-state index contributed by atoms with van der Waals surface area (Å²) in [5.74, 6) is 0. The summed E-state index contributed by atoms with van der Waals surface area (Å²) in [6.07, 6.45) is -16.7. The number of hydrogen-bond acceptors (Lipinski definition) is 13. The molecular weight excluding hydrogens is 388 g/mol. The molecule has 2 fully saturated rings. The Labute approximate surface area is 159 Å². The number of rotatable bonds is 8. The van der Waals surface area contributed by atoms with Gasteiger partial charge in [-0.15, -0.1) is 0 Å². The van der Waals surface area contributed by atoms with E-state index in [0.29, 0.717) is 0 Å². The van der Waals surface area contributed by atoms with Crippen LogP contribution in [0, 0.1) is 0 Å². The molecule has 166 valence electrons. The summed E-state index contributed by atoms with van der Waals surface area (Å²) in [6, 6.07) is 0. The molecule has 0 amide bonds. The lowest BCUT2D eigenvalue weighted by molar-refractivity contribution is -0.360. The molecule has 0 aromatic rings.